The van der Waals surface area contributed by atoms with E-state index in [0.29, 0.717) is 44.9 Å². The van der Waals surface area contributed by atoms with Crippen LogP contribution in [0.15, 0.2) is 67.3 Å². The van der Waals surface area contributed by atoms with Crippen LogP contribution in [0.5, 0.6) is 0 Å². The van der Waals surface area contributed by atoms with Gasteiger partial charge in [-0.25, -0.2) is 9.37 Å². The second-order valence-electron chi connectivity index (χ2n) is 9.34. The van der Waals surface area contributed by atoms with Gasteiger partial charge in [0, 0.05) is 42.5 Å². The summed E-state index contributed by atoms with van der Waals surface area (Å²) in [7, 11) is 0. The van der Waals surface area contributed by atoms with E-state index in [1.54, 1.807) is 24.7 Å². The third-order valence-electron chi connectivity index (χ3n) is 6.91. The highest BCUT2D eigenvalue weighted by atomic mass is 19.1. The molecule has 1 fully saturated rings. The minimum absolute atomic E-state index is 0.357. The summed E-state index contributed by atoms with van der Waals surface area (Å²) in [5.74, 6) is 0.105. The van der Waals surface area contributed by atoms with Crippen LogP contribution in [-0.4, -0.2) is 53.1 Å². The Kier molecular flexibility index (Phi) is 5.21. The van der Waals surface area contributed by atoms with Crippen molar-refractivity contribution in [2.45, 2.75) is 19.4 Å². The van der Waals surface area contributed by atoms with Gasteiger partial charge in [0.25, 0.3) is 0 Å². The molecular formula is C28H23FN8. The maximum Gasteiger partial charge on any atom is 0.159 e. The molecule has 9 heteroatoms. The lowest BCUT2D eigenvalue weighted by atomic mass is 10.0. The van der Waals surface area contributed by atoms with E-state index < -0.39 is 0 Å². The van der Waals surface area contributed by atoms with Crippen molar-refractivity contribution >= 4 is 21.9 Å². The molecule has 0 spiro atoms. The number of nitrogens with one attached hydrogen (secondary N) is 2. The molecule has 0 amide bonds. The number of likely N-dealkylation sites (tertiary alicyclic amines) is 1. The van der Waals surface area contributed by atoms with E-state index in [4.69, 9.17) is 4.98 Å². The van der Waals surface area contributed by atoms with Crippen molar-refractivity contribution in [2.24, 2.45) is 0 Å². The van der Waals surface area contributed by atoms with Gasteiger partial charge in [-0.3, -0.25) is 25.0 Å². The van der Waals surface area contributed by atoms with Crippen LogP contribution in [0.2, 0.25) is 0 Å². The van der Waals surface area contributed by atoms with E-state index >= 15 is 4.39 Å². The summed E-state index contributed by atoms with van der Waals surface area (Å²) in [5.41, 5.74) is 6.13. The van der Waals surface area contributed by atoms with E-state index in [1.807, 2.05) is 42.6 Å². The van der Waals surface area contributed by atoms with E-state index in [1.165, 1.54) is 12.8 Å². The molecule has 1 saturated heterocycles. The lowest BCUT2D eigenvalue weighted by molar-refractivity contribution is 0.331. The third-order valence-corrected chi connectivity index (χ3v) is 6.91. The maximum absolute atomic E-state index is 16.1. The highest BCUT2D eigenvalue weighted by Crippen LogP contribution is 2.35. The summed E-state index contributed by atoms with van der Waals surface area (Å²) in [6, 6.07) is 13.1. The molecular weight excluding hydrogens is 467 g/mol. The number of benzene rings is 1. The molecule has 0 atom stereocenters. The standard InChI is InChI=1S/C28H23FN8/c29-24-19(18-13-17(14-30-15-18)16-37-11-3-4-12-37)6-7-20-23(24)27(36-35-20)28-33-22-8-10-32-25(26(22)34-28)21-5-1-2-9-31-21/h1-2,5-10,13-15H,3-4,11-12,16H2,(H,33,34)(H,35,36). The van der Waals surface area contributed by atoms with Crippen LogP contribution in [0.4, 0.5) is 4.39 Å². The Hall–Kier alpha value is -4.50. The highest BCUT2D eigenvalue weighted by Gasteiger charge is 2.21. The molecule has 0 saturated carbocycles. The molecule has 2 N–H and O–H groups in total. The molecule has 0 bridgehead atoms. The molecule has 7 rings (SSSR count). The molecule has 6 heterocycles. The normalized spacial score (nSPS) is 14.2. The molecule has 1 aliphatic heterocycles. The van der Waals surface area contributed by atoms with Gasteiger partial charge in [-0.05, 0) is 67.9 Å². The summed E-state index contributed by atoms with van der Waals surface area (Å²) in [6.07, 6.45) is 9.45. The number of pyridine rings is 3. The van der Waals surface area contributed by atoms with Crippen LogP contribution < -0.4 is 0 Å². The number of hydrogen-bond acceptors (Lipinski definition) is 6. The molecule has 0 radical (unpaired) electrons. The smallest absolute Gasteiger partial charge is 0.159 e. The van der Waals surface area contributed by atoms with Crippen LogP contribution in [0, 0.1) is 5.82 Å². The minimum Gasteiger partial charge on any atom is -0.336 e. The lowest BCUT2D eigenvalue weighted by Crippen LogP contribution is -2.18. The van der Waals surface area contributed by atoms with Gasteiger partial charge < -0.3 is 4.98 Å². The topological polar surface area (TPSA) is 99.3 Å². The number of nitrogens with zero attached hydrogens (tertiary/aromatic N) is 6. The second kappa shape index (κ2) is 8.86. The molecule has 0 unspecified atom stereocenters. The highest BCUT2D eigenvalue weighted by molar-refractivity contribution is 5.97. The first-order chi connectivity index (χ1) is 18.2. The van der Waals surface area contributed by atoms with E-state index in [9.17, 15) is 0 Å². The van der Waals surface area contributed by atoms with Gasteiger partial charge in [0.15, 0.2) is 5.82 Å². The van der Waals surface area contributed by atoms with Crippen molar-refractivity contribution in [1.29, 1.82) is 0 Å². The van der Waals surface area contributed by atoms with Crippen LogP contribution in [-0.2, 0) is 6.54 Å². The number of hydrogen-bond donors (Lipinski definition) is 2. The fraction of sp³-hybridized carbons (Fsp3) is 0.179. The zero-order valence-corrected chi connectivity index (χ0v) is 19.9. The van der Waals surface area contributed by atoms with Crippen molar-refractivity contribution in [2.75, 3.05) is 13.1 Å². The largest absolute Gasteiger partial charge is 0.336 e. The average molecular weight is 491 g/mol. The minimum atomic E-state index is -0.357. The molecule has 5 aromatic heterocycles. The van der Waals surface area contributed by atoms with E-state index in [2.05, 4.69) is 35.0 Å². The number of H-pyrrole nitrogens is 2. The molecule has 0 aliphatic carbocycles. The summed E-state index contributed by atoms with van der Waals surface area (Å²) >= 11 is 0. The summed E-state index contributed by atoms with van der Waals surface area (Å²) in [6.45, 7) is 3.02. The van der Waals surface area contributed by atoms with Crippen LogP contribution in [0.3, 0.4) is 0 Å². The van der Waals surface area contributed by atoms with Crippen molar-refractivity contribution in [1.82, 2.24) is 40.0 Å². The fourth-order valence-corrected chi connectivity index (χ4v) is 5.13. The zero-order valence-electron chi connectivity index (χ0n) is 19.9. The van der Waals surface area contributed by atoms with E-state index in [0.717, 1.165) is 36.3 Å². The molecule has 6 aromatic rings. The number of rotatable bonds is 5. The number of aromatic amines is 2. The zero-order chi connectivity index (χ0) is 24.8. The monoisotopic (exact) mass is 490 g/mol. The number of aromatic nitrogens is 7. The molecule has 182 valence electrons. The maximum atomic E-state index is 16.1. The van der Waals surface area contributed by atoms with Crippen LogP contribution in [0.25, 0.3) is 56.0 Å². The fourth-order valence-electron chi connectivity index (χ4n) is 5.13. The number of fused-ring (bicyclic) bond motifs is 2. The van der Waals surface area contributed by atoms with Crippen LogP contribution >= 0.6 is 0 Å². The second-order valence-corrected chi connectivity index (χ2v) is 9.34. The lowest BCUT2D eigenvalue weighted by Gasteiger charge is -2.15. The number of halogens is 1. The summed E-state index contributed by atoms with van der Waals surface area (Å²) in [5, 5.41) is 7.77. The van der Waals surface area contributed by atoms with Crippen molar-refractivity contribution in [3.05, 3.63) is 78.6 Å². The Morgan fingerprint density at radius 2 is 1.84 bits per heavy atom. The van der Waals surface area contributed by atoms with Gasteiger partial charge in [0.1, 0.15) is 22.7 Å². The Bertz CT molecular complexity index is 1730. The predicted molar refractivity (Wildman–Crippen MR) is 140 cm³/mol. The Balaban J connectivity index is 1.32. The SMILES string of the molecule is Fc1c(-c2cncc(CN3CCCC3)c2)ccc2[nH]nc(-c3nc4c(-c5ccccn5)nccc4[nH]3)c12. The third kappa shape index (κ3) is 3.84. The summed E-state index contributed by atoms with van der Waals surface area (Å²) in [4.78, 5) is 23.8. The van der Waals surface area contributed by atoms with Crippen molar-refractivity contribution < 1.29 is 4.39 Å². The van der Waals surface area contributed by atoms with Gasteiger partial charge in [0.2, 0.25) is 0 Å². The quantitative estimate of drug-likeness (QED) is 0.338. The van der Waals surface area contributed by atoms with Gasteiger partial charge >= 0.3 is 0 Å². The molecule has 1 aliphatic rings. The first-order valence-corrected chi connectivity index (χ1v) is 12.3. The molecule has 37 heavy (non-hydrogen) atoms. The Labute approximate surface area is 211 Å². The first kappa shape index (κ1) is 21.8. The van der Waals surface area contributed by atoms with Crippen molar-refractivity contribution in [3.63, 3.8) is 0 Å². The molecule has 1 aromatic carbocycles. The predicted octanol–water partition coefficient (Wildman–Crippen LogP) is 5.36. The van der Waals surface area contributed by atoms with Gasteiger partial charge in [-0.1, -0.05) is 6.07 Å². The Morgan fingerprint density at radius 1 is 0.919 bits per heavy atom. The van der Waals surface area contributed by atoms with Crippen molar-refractivity contribution in [3.8, 4) is 34.0 Å². The number of imidazole rings is 1. The van der Waals surface area contributed by atoms with Gasteiger partial charge in [0.05, 0.1) is 22.1 Å². The summed E-state index contributed by atoms with van der Waals surface area (Å²) < 4.78 is 16.1. The Morgan fingerprint density at radius 3 is 2.70 bits per heavy atom. The van der Waals surface area contributed by atoms with Crippen LogP contribution in [0.1, 0.15) is 18.4 Å². The molecule has 8 nitrogen and oxygen atoms in total. The first-order valence-electron chi connectivity index (χ1n) is 12.3. The van der Waals surface area contributed by atoms with E-state index in [-0.39, 0.29) is 5.82 Å². The van der Waals surface area contributed by atoms with Gasteiger partial charge in [-0.2, -0.15) is 5.10 Å². The van der Waals surface area contributed by atoms with Gasteiger partial charge in [-0.15, -0.1) is 0 Å². The average Bonchev–Trinajstić information content (AvgIpc) is 3.69.